The molecule has 1 saturated carbocycles. The lowest BCUT2D eigenvalue weighted by Crippen LogP contribution is -2.43. The number of nitrogens with zero attached hydrogens (tertiary/aromatic N) is 1. The molecule has 3 rings (SSSR count). The van der Waals surface area contributed by atoms with Crippen molar-refractivity contribution in [1.82, 2.24) is 4.98 Å². The molecule has 0 spiro atoms. The second-order valence-electron chi connectivity index (χ2n) is 5.35. The molecule has 4 heteroatoms. The number of ether oxygens (including phenoxy) is 1. The van der Waals surface area contributed by atoms with Gasteiger partial charge in [0.05, 0.1) is 17.3 Å². The number of aryl methyl sites for hydroxylation is 2. The van der Waals surface area contributed by atoms with Crippen molar-refractivity contribution in [3.05, 3.63) is 15.6 Å². The van der Waals surface area contributed by atoms with Crippen LogP contribution in [-0.2, 0) is 23.1 Å². The normalized spacial score (nSPS) is 32.7. The number of hydrogen-bond donors (Lipinski definition) is 1. The summed E-state index contributed by atoms with van der Waals surface area (Å²) in [5, 5.41) is 1.16. The predicted molar refractivity (Wildman–Crippen MR) is 69.3 cm³/mol. The highest BCUT2D eigenvalue weighted by atomic mass is 32.1. The number of fused-ring (bicyclic) bond motifs is 1. The number of nitrogens with two attached hydrogens (primary N) is 1. The summed E-state index contributed by atoms with van der Waals surface area (Å²) < 4.78 is 5.48. The number of thiazole rings is 1. The number of methoxy groups -OCH3 is 1. The second kappa shape index (κ2) is 4.34. The summed E-state index contributed by atoms with van der Waals surface area (Å²) in [4.78, 5) is 6.27. The van der Waals surface area contributed by atoms with Gasteiger partial charge in [0.15, 0.2) is 0 Å². The van der Waals surface area contributed by atoms with Crippen molar-refractivity contribution in [2.24, 2.45) is 5.73 Å². The SMILES string of the molecule is COC1CCCC(N)(c2nc3c(s2)CCC3)C1. The standard InChI is InChI=1S/C13H20N2OS/c1-16-9-4-3-7-13(14,8-9)12-15-10-5-2-6-11(10)17-12/h9H,2-8,14H2,1H3. The zero-order chi connectivity index (χ0) is 11.9. The number of aromatic nitrogens is 1. The van der Waals surface area contributed by atoms with Crippen molar-refractivity contribution in [3.8, 4) is 0 Å². The zero-order valence-electron chi connectivity index (χ0n) is 10.4. The third-order valence-electron chi connectivity index (χ3n) is 4.10. The molecule has 1 fully saturated rings. The summed E-state index contributed by atoms with van der Waals surface area (Å²) in [6, 6.07) is 0. The van der Waals surface area contributed by atoms with Gasteiger partial charge in [0.2, 0.25) is 0 Å². The Bertz CT molecular complexity index is 396. The van der Waals surface area contributed by atoms with Gasteiger partial charge in [-0.2, -0.15) is 0 Å². The van der Waals surface area contributed by atoms with Gasteiger partial charge < -0.3 is 10.5 Å². The van der Waals surface area contributed by atoms with E-state index >= 15 is 0 Å². The van der Waals surface area contributed by atoms with Gasteiger partial charge in [-0.25, -0.2) is 4.98 Å². The van der Waals surface area contributed by atoms with Gasteiger partial charge in [-0.05, 0) is 44.9 Å². The molecule has 17 heavy (non-hydrogen) atoms. The first-order valence-electron chi connectivity index (χ1n) is 6.52. The average Bonchev–Trinajstić information content (AvgIpc) is 2.89. The van der Waals surface area contributed by atoms with Crippen LogP contribution in [0.15, 0.2) is 0 Å². The van der Waals surface area contributed by atoms with Gasteiger partial charge in [0.25, 0.3) is 0 Å². The van der Waals surface area contributed by atoms with Crippen LogP contribution in [0, 0.1) is 0 Å². The summed E-state index contributed by atoms with van der Waals surface area (Å²) in [6.07, 6.45) is 8.21. The molecule has 0 bridgehead atoms. The van der Waals surface area contributed by atoms with Gasteiger partial charge in [0.1, 0.15) is 5.01 Å². The molecular weight excluding hydrogens is 232 g/mol. The number of hydrogen-bond acceptors (Lipinski definition) is 4. The summed E-state index contributed by atoms with van der Waals surface area (Å²) >= 11 is 1.85. The Kier molecular flexibility index (Phi) is 2.97. The molecule has 1 aromatic heterocycles. The first kappa shape index (κ1) is 11.6. The molecule has 0 aromatic carbocycles. The van der Waals surface area contributed by atoms with Gasteiger partial charge in [0, 0.05) is 12.0 Å². The van der Waals surface area contributed by atoms with E-state index in [0.717, 1.165) is 37.1 Å². The Morgan fingerprint density at radius 3 is 3.06 bits per heavy atom. The van der Waals surface area contributed by atoms with Crippen molar-refractivity contribution in [2.45, 2.75) is 56.6 Å². The Balaban J connectivity index is 1.85. The van der Waals surface area contributed by atoms with E-state index in [4.69, 9.17) is 15.5 Å². The fourth-order valence-electron chi connectivity index (χ4n) is 3.05. The van der Waals surface area contributed by atoms with Crippen molar-refractivity contribution >= 4 is 11.3 Å². The van der Waals surface area contributed by atoms with E-state index in [1.54, 1.807) is 7.11 Å². The summed E-state index contributed by atoms with van der Waals surface area (Å²) in [5.41, 5.74) is 7.66. The molecule has 0 radical (unpaired) electrons. The van der Waals surface area contributed by atoms with E-state index in [1.807, 2.05) is 11.3 Å². The molecule has 2 N–H and O–H groups in total. The largest absolute Gasteiger partial charge is 0.381 e. The van der Waals surface area contributed by atoms with E-state index in [1.165, 1.54) is 23.4 Å². The van der Waals surface area contributed by atoms with E-state index in [-0.39, 0.29) is 5.54 Å². The maximum Gasteiger partial charge on any atom is 0.113 e. The molecular formula is C13H20N2OS. The van der Waals surface area contributed by atoms with E-state index in [9.17, 15) is 0 Å². The Hall–Kier alpha value is -0.450. The maximum atomic E-state index is 6.58. The van der Waals surface area contributed by atoms with Crippen LogP contribution in [0.5, 0.6) is 0 Å². The van der Waals surface area contributed by atoms with Gasteiger partial charge in [-0.15, -0.1) is 11.3 Å². The van der Waals surface area contributed by atoms with Gasteiger partial charge >= 0.3 is 0 Å². The fourth-order valence-corrected chi connectivity index (χ4v) is 4.34. The molecule has 2 atom stereocenters. The Morgan fingerprint density at radius 1 is 1.41 bits per heavy atom. The molecule has 94 valence electrons. The zero-order valence-corrected chi connectivity index (χ0v) is 11.2. The highest BCUT2D eigenvalue weighted by Gasteiger charge is 2.38. The lowest BCUT2D eigenvalue weighted by Gasteiger charge is -2.35. The minimum absolute atomic E-state index is 0.228. The topological polar surface area (TPSA) is 48.1 Å². The van der Waals surface area contributed by atoms with Crippen molar-refractivity contribution in [3.63, 3.8) is 0 Å². The van der Waals surface area contributed by atoms with Crippen LogP contribution >= 0.6 is 11.3 Å². The van der Waals surface area contributed by atoms with E-state index < -0.39 is 0 Å². The molecule has 0 amide bonds. The molecule has 0 saturated heterocycles. The highest BCUT2D eigenvalue weighted by molar-refractivity contribution is 7.12. The van der Waals surface area contributed by atoms with Crippen LogP contribution in [0.4, 0.5) is 0 Å². The summed E-state index contributed by atoms with van der Waals surface area (Å²) in [6.45, 7) is 0. The molecule has 2 aliphatic carbocycles. The van der Waals surface area contributed by atoms with Gasteiger partial charge in [-0.1, -0.05) is 0 Å². The maximum absolute atomic E-state index is 6.58. The van der Waals surface area contributed by atoms with Crippen LogP contribution in [0.2, 0.25) is 0 Å². The van der Waals surface area contributed by atoms with Crippen LogP contribution in [-0.4, -0.2) is 18.2 Å². The lowest BCUT2D eigenvalue weighted by atomic mass is 9.81. The first-order chi connectivity index (χ1) is 8.21. The summed E-state index contributed by atoms with van der Waals surface area (Å²) in [5.74, 6) is 0. The number of rotatable bonds is 2. The molecule has 1 aromatic rings. The first-order valence-corrected chi connectivity index (χ1v) is 7.34. The minimum Gasteiger partial charge on any atom is -0.381 e. The van der Waals surface area contributed by atoms with Crippen LogP contribution in [0.1, 0.15) is 47.7 Å². The third kappa shape index (κ3) is 2.02. The quantitative estimate of drug-likeness (QED) is 0.879. The molecule has 1 heterocycles. The van der Waals surface area contributed by atoms with Crippen LogP contribution in [0.3, 0.4) is 0 Å². The van der Waals surface area contributed by atoms with Crippen LogP contribution < -0.4 is 5.73 Å². The second-order valence-corrected chi connectivity index (χ2v) is 6.44. The molecule has 2 aliphatic rings. The van der Waals surface area contributed by atoms with E-state index in [0.29, 0.717) is 6.10 Å². The Labute approximate surface area is 106 Å². The monoisotopic (exact) mass is 252 g/mol. The molecule has 3 nitrogen and oxygen atoms in total. The van der Waals surface area contributed by atoms with E-state index in [2.05, 4.69) is 0 Å². The summed E-state index contributed by atoms with van der Waals surface area (Å²) in [7, 11) is 1.79. The smallest absolute Gasteiger partial charge is 0.113 e. The van der Waals surface area contributed by atoms with Gasteiger partial charge in [-0.3, -0.25) is 0 Å². The fraction of sp³-hybridized carbons (Fsp3) is 0.769. The highest BCUT2D eigenvalue weighted by Crippen LogP contribution is 2.40. The predicted octanol–water partition coefficient (Wildman–Crippen LogP) is 2.37. The average molecular weight is 252 g/mol. The third-order valence-corrected chi connectivity index (χ3v) is 5.47. The van der Waals surface area contributed by atoms with Crippen molar-refractivity contribution in [1.29, 1.82) is 0 Å². The lowest BCUT2D eigenvalue weighted by molar-refractivity contribution is 0.0406. The van der Waals surface area contributed by atoms with Crippen molar-refractivity contribution < 1.29 is 4.74 Å². The van der Waals surface area contributed by atoms with Crippen LogP contribution in [0.25, 0.3) is 0 Å². The Morgan fingerprint density at radius 2 is 2.29 bits per heavy atom. The molecule has 0 aliphatic heterocycles. The molecule has 2 unspecified atom stereocenters. The minimum atomic E-state index is -0.228. The van der Waals surface area contributed by atoms with Crippen molar-refractivity contribution in [2.75, 3.05) is 7.11 Å².